The van der Waals surface area contributed by atoms with Crippen LogP contribution in [0.5, 0.6) is 5.75 Å². The van der Waals surface area contributed by atoms with Crippen LogP contribution in [0.1, 0.15) is 35.0 Å². The Hall–Kier alpha value is -2.81. The van der Waals surface area contributed by atoms with Gasteiger partial charge in [0.2, 0.25) is 0 Å². The zero-order chi connectivity index (χ0) is 16.9. The first-order chi connectivity index (χ1) is 11.7. The average molecular weight is 319 g/mol. The number of benzene rings is 2. The van der Waals surface area contributed by atoms with Crippen LogP contribution in [0.25, 0.3) is 17.0 Å². The number of carbonyl (C=O) groups is 1. The third-order valence-electron chi connectivity index (χ3n) is 3.94. The molecule has 0 aliphatic heterocycles. The minimum atomic E-state index is 0.00253. The first kappa shape index (κ1) is 16.1. The molecule has 0 amide bonds. The smallest absolute Gasteiger partial charge is 0.185 e. The molecular formula is C21H21NO2. The minimum absolute atomic E-state index is 0.00253. The second-order valence-corrected chi connectivity index (χ2v) is 5.78. The lowest BCUT2D eigenvalue weighted by molar-refractivity contribution is 0.104. The van der Waals surface area contributed by atoms with E-state index in [1.165, 1.54) is 0 Å². The number of aromatic amines is 1. The van der Waals surface area contributed by atoms with Crippen LogP contribution in [-0.2, 0) is 0 Å². The van der Waals surface area contributed by atoms with E-state index in [2.05, 4.69) is 11.9 Å². The van der Waals surface area contributed by atoms with E-state index in [1.54, 1.807) is 6.08 Å². The lowest BCUT2D eigenvalue weighted by atomic mass is 10.1. The third-order valence-corrected chi connectivity index (χ3v) is 3.94. The normalized spacial score (nSPS) is 11.2. The standard InChI is InChI=1S/C21H21NO2/c1-3-13-24-17-9-11-20-19(14-17)18(15(2)22-20)10-12-21(23)16-7-5-4-6-8-16/h4-12,14,22H,3,13H2,1-2H3/b12-10+. The van der Waals surface area contributed by atoms with Gasteiger partial charge in [0.05, 0.1) is 6.61 Å². The maximum absolute atomic E-state index is 12.3. The van der Waals surface area contributed by atoms with Crippen molar-refractivity contribution in [1.82, 2.24) is 4.98 Å². The number of fused-ring (bicyclic) bond motifs is 1. The van der Waals surface area contributed by atoms with Gasteiger partial charge in [0.25, 0.3) is 0 Å². The van der Waals surface area contributed by atoms with E-state index in [9.17, 15) is 4.79 Å². The first-order valence-corrected chi connectivity index (χ1v) is 8.21. The minimum Gasteiger partial charge on any atom is -0.494 e. The van der Waals surface area contributed by atoms with Crippen LogP contribution < -0.4 is 4.74 Å². The number of carbonyl (C=O) groups excluding carboxylic acids is 1. The highest BCUT2D eigenvalue weighted by molar-refractivity contribution is 6.08. The predicted octanol–water partition coefficient (Wildman–Crippen LogP) is 5.16. The van der Waals surface area contributed by atoms with Crippen LogP contribution in [0.15, 0.2) is 54.6 Å². The molecule has 3 rings (SSSR count). The molecule has 0 saturated carbocycles. The fraction of sp³-hybridized carbons (Fsp3) is 0.190. The highest BCUT2D eigenvalue weighted by atomic mass is 16.5. The Morgan fingerprint density at radius 2 is 1.96 bits per heavy atom. The third kappa shape index (κ3) is 3.40. The van der Waals surface area contributed by atoms with Crippen molar-refractivity contribution in [3.8, 4) is 5.75 Å². The fourth-order valence-electron chi connectivity index (χ4n) is 2.71. The molecular weight excluding hydrogens is 298 g/mol. The van der Waals surface area contributed by atoms with Gasteiger partial charge in [-0.1, -0.05) is 37.3 Å². The molecule has 0 atom stereocenters. The van der Waals surface area contributed by atoms with E-state index < -0.39 is 0 Å². The molecule has 1 aromatic heterocycles. The van der Waals surface area contributed by atoms with Gasteiger partial charge in [-0.2, -0.15) is 0 Å². The van der Waals surface area contributed by atoms with Crippen LogP contribution in [0.4, 0.5) is 0 Å². The molecule has 0 fully saturated rings. The Morgan fingerprint density at radius 1 is 1.17 bits per heavy atom. The summed E-state index contributed by atoms with van der Waals surface area (Å²) in [6.45, 7) is 4.80. The molecule has 0 spiro atoms. The number of ether oxygens (including phenoxy) is 1. The summed E-state index contributed by atoms with van der Waals surface area (Å²) < 4.78 is 5.72. The lowest BCUT2D eigenvalue weighted by Gasteiger charge is -2.04. The molecule has 3 heteroatoms. The summed E-state index contributed by atoms with van der Waals surface area (Å²) in [7, 11) is 0. The van der Waals surface area contributed by atoms with Crippen molar-refractivity contribution < 1.29 is 9.53 Å². The molecule has 0 aliphatic rings. The van der Waals surface area contributed by atoms with Gasteiger partial charge in [-0.25, -0.2) is 0 Å². The number of ketones is 1. The van der Waals surface area contributed by atoms with E-state index >= 15 is 0 Å². The van der Waals surface area contributed by atoms with Crippen LogP contribution in [-0.4, -0.2) is 17.4 Å². The summed E-state index contributed by atoms with van der Waals surface area (Å²) in [5.74, 6) is 0.857. The summed E-state index contributed by atoms with van der Waals surface area (Å²) in [5.41, 5.74) is 3.80. The van der Waals surface area contributed by atoms with E-state index in [-0.39, 0.29) is 5.78 Å². The van der Waals surface area contributed by atoms with Gasteiger partial charge in [-0.05, 0) is 43.7 Å². The van der Waals surface area contributed by atoms with Crippen molar-refractivity contribution in [3.63, 3.8) is 0 Å². The second-order valence-electron chi connectivity index (χ2n) is 5.78. The van der Waals surface area contributed by atoms with E-state index in [4.69, 9.17) is 4.74 Å². The Balaban J connectivity index is 1.91. The Morgan fingerprint density at radius 3 is 2.71 bits per heavy atom. The summed E-state index contributed by atoms with van der Waals surface area (Å²) in [6, 6.07) is 15.3. The Kier molecular flexibility index (Phi) is 4.80. The molecule has 1 heterocycles. The van der Waals surface area contributed by atoms with E-state index in [0.29, 0.717) is 12.2 Å². The molecule has 122 valence electrons. The Labute approximate surface area is 142 Å². The number of allylic oxidation sites excluding steroid dienone is 1. The fourth-order valence-corrected chi connectivity index (χ4v) is 2.71. The van der Waals surface area contributed by atoms with Gasteiger partial charge >= 0.3 is 0 Å². The lowest BCUT2D eigenvalue weighted by Crippen LogP contribution is -1.94. The summed E-state index contributed by atoms with van der Waals surface area (Å²) in [4.78, 5) is 15.6. The molecule has 0 aliphatic carbocycles. The van der Waals surface area contributed by atoms with Gasteiger partial charge in [0, 0.05) is 27.7 Å². The molecule has 1 N–H and O–H groups in total. The molecule has 3 nitrogen and oxygen atoms in total. The van der Waals surface area contributed by atoms with Crippen molar-refractivity contribution in [1.29, 1.82) is 0 Å². The maximum Gasteiger partial charge on any atom is 0.185 e. The van der Waals surface area contributed by atoms with Gasteiger partial charge in [-0.15, -0.1) is 0 Å². The zero-order valence-corrected chi connectivity index (χ0v) is 14.0. The van der Waals surface area contributed by atoms with Crippen molar-refractivity contribution in [3.05, 3.63) is 71.4 Å². The first-order valence-electron chi connectivity index (χ1n) is 8.21. The number of aryl methyl sites for hydroxylation is 1. The van der Waals surface area contributed by atoms with Crippen LogP contribution >= 0.6 is 0 Å². The van der Waals surface area contributed by atoms with E-state index in [0.717, 1.165) is 34.3 Å². The monoisotopic (exact) mass is 319 g/mol. The van der Waals surface area contributed by atoms with Crippen LogP contribution in [0, 0.1) is 6.92 Å². The predicted molar refractivity (Wildman–Crippen MR) is 98.6 cm³/mol. The average Bonchev–Trinajstić information content (AvgIpc) is 2.93. The number of rotatable bonds is 6. The quantitative estimate of drug-likeness (QED) is 0.503. The number of H-pyrrole nitrogens is 1. The van der Waals surface area contributed by atoms with Gasteiger partial charge in [0.1, 0.15) is 5.75 Å². The van der Waals surface area contributed by atoms with Gasteiger partial charge in [0.15, 0.2) is 5.78 Å². The van der Waals surface area contributed by atoms with Crippen LogP contribution in [0.3, 0.4) is 0 Å². The van der Waals surface area contributed by atoms with Crippen molar-refractivity contribution >= 4 is 22.8 Å². The number of aromatic nitrogens is 1. The molecule has 2 aromatic carbocycles. The molecule has 0 radical (unpaired) electrons. The van der Waals surface area contributed by atoms with E-state index in [1.807, 2.05) is 61.5 Å². The topological polar surface area (TPSA) is 42.1 Å². The number of hydrogen-bond donors (Lipinski definition) is 1. The van der Waals surface area contributed by atoms with Gasteiger partial charge < -0.3 is 9.72 Å². The molecule has 0 bridgehead atoms. The van der Waals surface area contributed by atoms with Crippen LogP contribution in [0.2, 0.25) is 0 Å². The Bertz CT molecular complexity index is 875. The zero-order valence-electron chi connectivity index (χ0n) is 14.0. The van der Waals surface area contributed by atoms with Crippen molar-refractivity contribution in [2.24, 2.45) is 0 Å². The van der Waals surface area contributed by atoms with Gasteiger partial charge in [-0.3, -0.25) is 4.79 Å². The molecule has 24 heavy (non-hydrogen) atoms. The summed E-state index contributed by atoms with van der Waals surface area (Å²) >= 11 is 0. The summed E-state index contributed by atoms with van der Waals surface area (Å²) in [6.07, 6.45) is 4.49. The SMILES string of the molecule is CCCOc1ccc2[nH]c(C)c(/C=C/C(=O)c3ccccc3)c2c1. The highest BCUT2D eigenvalue weighted by Gasteiger charge is 2.08. The van der Waals surface area contributed by atoms with Crippen molar-refractivity contribution in [2.45, 2.75) is 20.3 Å². The maximum atomic E-state index is 12.3. The number of nitrogens with one attached hydrogen (secondary N) is 1. The van der Waals surface area contributed by atoms with Crippen molar-refractivity contribution in [2.75, 3.05) is 6.61 Å². The highest BCUT2D eigenvalue weighted by Crippen LogP contribution is 2.27. The largest absolute Gasteiger partial charge is 0.494 e. The molecule has 0 saturated heterocycles. The summed E-state index contributed by atoms with van der Waals surface area (Å²) in [5, 5.41) is 1.07. The molecule has 0 unspecified atom stereocenters. The number of hydrogen-bond acceptors (Lipinski definition) is 2. The second kappa shape index (κ2) is 7.18. The molecule has 3 aromatic rings.